The molecule has 0 aromatic heterocycles. The number of ether oxygens (including phenoxy) is 1. The number of aliphatic carboxylic acids is 1. The second-order valence-electron chi connectivity index (χ2n) is 13.4. The van der Waals surface area contributed by atoms with Crippen LogP contribution in [0.4, 0.5) is 0 Å². The molecule has 5 aliphatic rings. The van der Waals surface area contributed by atoms with Gasteiger partial charge >= 0.3 is 5.97 Å². The molecule has 3 saturated carbocycles. The Morgan fingerprint density at radius 3 is 2.31 bits per heavy atom. The predicted octanol–water partition coefficient (Wildman–Crippen LogP) is 5.84. The zero-order chi connectivity index (χ0) is 28.3. The Kier molecular flexibility index (Phi) is 4.26. The molecule has 0 aromatic rings. The fourth-order valence-corrected chi connectivity index (χ4v) is 8.88. The lowest BCUT2D eigenvalue weighted by Crippen LogP contribution is -2.62. The minimum atomic E-state index is -2.85. The first kappa shape index (κ1) is 21.1. The van der Waals surface area contributed by atoms with Crippen molar-refractivity contribution in [1.82, 2.24) is 0 Å². The molecular weight excluding hydrogens is 440 g/mol. The minimum Gasteiger partial charge on any atom is -0.481 e. The number of carboxylic acid groups (broad SMARTS) is 1. The average molecular weight is 484 g/mol. The number of hydrogen-bond donors (Lipinski definition) is 1. The van der Waals surface area contributed by atoms with Gasteiger partial charge in [0.2, 0.25) is 11.6 Å². The zero-order valence-corrected chi connectivity index (χ0v) is 21.8. The van der Waals surface area contributed by atoms with Crippen LogP contribution in [0.5, 0.6) is 0 Å². The van der Waals surface area contributed by atoms with Crippen LogP contribution < -0.4 is 0 Å². The van der Waals surface area contributed by atoms with Crippen molar-refractivity contribution in [2.24, 2.45) is 33.0 Å². The van der Waals surface area contributed by atoms with Crippen molar-refractivity contribution in [2.45, 2.75) is 92.1 Å². The number of carbonyl (C=O) groups excluding carboxylic acids is 2. The van der Waals surface area contributed by atoms with Crippen LogP contribution in [0.25, 0.3) is 0 Å². The van der Waals surface area contributed by atoms with Gasteiger partial charge in [-0.2, -0.15) is 0 Å². The summed E-state index contributed by atoms with van der Waals surface area (Å²) in [6, 6.07) is 0. The summed E-state index contributed by atoms with van der Waals surface area (Å²) in [4.78, 5) is 38.3. The van der Waals surface area contributed by atoms with Gasteiger partial charge in [0.25, 0.3) is 0 Å². The lowest BCUT2D eigenvalue weighted by molar-refractivity contribution is -0.178. The van der Waals surface area contributed by atoms with Crippen molar-refractivity contribution in [3.63, 3.8) is 0 Å². The highest BCUT2D eigenvalue weighted by Gasteiger charge is 2.68. The van der Waals surface area contributed by atoms with E-state index in [9.17, 15) is 19.5 Å². The third-order valence-electron chi connectivity index (χ3n) is 11.8. The maximum Gasteiger partial charge on any atom is 0.309 e. The SMILES string of the molecule is [2H]C([2H])([2H])O[C@]1(C)C(=O)C(=O)C=C2C1=CC=C1[C@@]2(C)CC[C@@]2(C)[C@@H]3C[C@](C)(C(=O)O)CC[C@]3(C)CC[C@]12C. The van der Waals surface area contributed by atoms with Crippen LogP contribution in [0.3, 0.4) is 0 Å². The largest absolute Gasteiger partial charge is 0.481 e. The Balaban J connectivity index is 1.65. The lowest BCUT2D eigenvalue weighted by Gasteiger charge is -2.70. The predicted molar refractivity (Wildman–Crippen MR) is 134 cm³/mol. The van der Waals surface area contributed by atoms with Crippen molar-refractivity contribution in [1.29, 1.82) is 0 Å². The van der Waals surface area contributed by atoms with Gasteiger partial charge in [-0.15, -0.1) is 0 Å². The monoisotopic (exact) mass is 483 g/mol. The highest BCUT2D eigenvalue weighted by molar-refractivity contribution is 6.46. The van der Waals surface area contributed by atoms with E-state index in [4.69, 9.17) is 8.85 Å². The fraction of sp³-hybridized carbons (Fsp3) is 0.700. The molecule has 0 unspecified atom stereocenters. The molecule has 5 nitrogen and oxygen atoms in total. The van der Waals surface area contributed by atoms with Crippen molar-refractivity contribution in [2.75, 3.05) is 7.04 Å². The molecule has 5 rings (SSSR count). The highest BCUT2D eigenvalue weighted by Crippen LogP contribution is 2.75. The molecule has 0 saturated heterocycles. The molecule has 0 bridgehead atoms. The van der Waals surface area contributed by atoms with Crippen molar-refractivity contribution in [3.8, 4) is 0 Å². The summed E-state index contributed by atoms with van der Waals surface area (Å²) in [6.07, 6.45) is 11.0. The first-order valence-corrected chi connectivity index (χ1v) is 12.9. The molecule has 7 atom stereocenters. The molecular formula is C30H40O5. The molecule has 0 aliphatic heterocycles. The lowest BCUT2D eigenvalue weighted by atomic mass is 9.34. The molecule has 5 heteroatoms. The van der Waals surface area contributed by atoms with Crippen LogP contribution in [0, 0.1) is 33.0 Å². The summed E-state index contributed by atoms with van der Waals surface area (Å²) in [5, 5.41) is 10.1. The van der Waals surface area contributed by atoms with E-state index in [1.807, 2.05) is 6.92 Å². The molecule has 1 N–H and O–H groups in total. The van der Waals surface area contributed by atoms with Crippen molar-refractivity contribution < 1.29 is 28.3 Å². The number of Topliss-reactive ketones (excluding diaryl/α,β-unsaturated/α-hetero) is 1. The van der Waals surface area contributed by atoms with E-state index in [-0.39, 0.29) is 22.2 Å². The van der Waals surface area contributed by atoms with Gasteiger partial charge in [-0.1, -0.05) is 45.4 Å². The summed E-state index contributed by atoms with van der Waals surface area (Å²) in [7, 11) is -2.85. The van der Waals surface area contributed by atoms with Gasteiger partial charge < -0.3 is 9.84 Å². The van der Waals surface area contributed by atoms with Gasteiger partial charge in [-0.05, 0) is 98.2 Å². The van der Waals surface area contributed by atoms with Gasteiger partial charge in [0, 0.05) is 12.5 Å². The van der Waals surface area contributed by atoms with E-state index >= 15 is 0 Å². The Hall–Kier alpha value is -2.01. The van der Waals surface area contributed by atoms with Crippen LogP contribution >= 0.6 is 0 Å². The molecule has 0 aromatic carbocycles. The quantitative estimate of drug-likeness (QED) is 0.499. The Morgan fingerprint density at radius 2 is 1.66 bits per heavy atom. The van der Waals surface area contributed by atoms with Gasteiger partial charge in [0.1, 0.15) is 0 Å². The third-order valence-corrected chi connectivity index (χ3v) is 11.8. The zero-order valence-electron chi connectivity index (χ0n) is 24.8. The Bertz CT molecular complexity index is 1240. The topological polar surface area (TPSA) is 80.7 Å². The van der Waals surface area contributed by atoms with E-state index < -0.39 is 41.0 Å². The summed E-state index contributed by atoms with van der Waals surface area (Å²) in [6.45, 7) is 12.4. The highest BCUT2D eigenvalue weighted by atomic mass is 16.5. The number of rotatable bonds is 2. The van der Waals surface area contributed by atoms with E-state index in [0.29, 0.717) is 24.0 Å². The van der Waals surface area contributed by atoms with E-state index in [2.05, 4.69) is 33.8 Å². The molecule has 190 valence electrons. The van der Waals surface area contributed by atoms with Gasteiger partial charge in [0.05, 0.1) is 9.53 Å². The molecule has 0 spiro atoms. The standard InChI is InChI=1S/C30H40O5/c1-25-10-11-26(2,24(33)34)17-22(25)29(5)15-13-27(3)19-16-20(31)23(32)30(6,35-7)18(19)8-9-21(27)28(29,4)14-12-25/h8-9,16,22H,10-15,17H2,1-7H3,(H,33,34)/t22-,25-,26-,27+,28-,29+,30+/m1/s1/i7D3. The Labute approximate surface area is 213 Å². The van der Waals surface area contributed by atoms with Crippen LogP contribution in [-0.4, -0.2) is 35.3 Å². The number of allylic oxidation sites excluding steroid dienone is 4. The number of methoxy groups -OCH3 is 1. The molecule has 0 heterocycles. The van der Waals surface area contributed by atoms with Gasteiger partial charge in [-0.25, -0.2) is 0 Å². The smallest absolute Gasteiger partial charge is 0.309 e. The molecule has 3 fully saturated rings. The fourth-order valence-electron chi connectivity index (χ4n) is 8.88. The number of carboxylic acids is 1. The van der Waals surface area contributed by atoms with Crippen molar-refractivity contribution in [3.05, 3.63) is 34.9 Å². The first-order valence-electron chi connectivity index (χ1n) is 14.4. The van der Waals surface area contributed by atoms with E-state index in [0.717, 1.165) is 32.1 Å². The third kappa shape index (κ3) is 2.82. The second kappa shape index (κ2) is 7.06. The summed E-state index contributed by atoms with van der Waals surface area (Å²) < 4.78 is 28.4. The van der Waals surface area contributed by atoms with Gasteiger partial charge in [-0.3, -0.25) is 14.4 Å². The van der Waals surface area contributed by atoms with E-state index in [1.54, 1.807) is 6.08 Å². The van der Waals surface area contributed by atoms with Gasteiger partial charge in [0.15, 0.2) is 5.60 Å². The first-order chi connectivity index (χ1) is 17.3. The summed E-state index contributed by atoms with van der Waals surface area (Å²) in [5.41, 5.74) is -1.19. The van der Waals surface area contributed by atoms with Crippen LogP contribution in [0.1, 0.15) is 90.6 Å². The van der Waals surface area contributed by atoms with Crippen LogP contribution in [-0.2, 0) is 19.1 Å². The molecule has 0 radical (unpaired) electrons. The average Bonchev–Trinajstić information content (AvgIpc) is 2.80. The normalized spacial score (nSPS) is 50.6. The van der Waals surface area contributed by atoms with Crippen LogP contribution in [0.15, 0.2) is 34.9 Å². The maximum absolute atomic E-state index is 13.0. The number of fused-ring (bicyclic) bond motifs is 7. The molecule has 5 aliphatic carbocycles. The molecule has 35 heavy (non-hydrogen) atoms. The number of carbonyl (C=O) groups is 3. The second-order valence-corrected chi connectivity index (χ2v) is 13.4. The molecule has 0 amide bonds. The minimum absolute atomic E-state index is 0.0752. The van der Waals surface area contributed by atoms with E-state index in [1.165, 1.54) is 18.6 Å². The number of ketones is 2. The summed E-state index contributed by atoms with van der Waals surface area (Å²) >= 11 is 0. The number of hydrogen-bond acceptors (Lipinski definition) is 4. The Morgan fingerprint density at radius 1 is 0.971 bits per heavy atom. The van der Waals surface area contributed by atoms with Crippen molar-refractivity contribution >= 4 is 17.5 Å². The van der Waals surface area contributed by atoms with Crippen LogP contribution in [0.2, 0.25) is 0 Å². The summed E-state index contributed by atoms with van der Waals surface area (Å²) in [5.74, 6) is -2.08. The maximum atomic E-state index is 13.0.